The number of esters is 1. The number of nitrogens with one attached hydrogen (secondary N) is 1. The summed E-state index contributed by atoms with van der Waals surface area (Å²) >= 11 is 0. The number of ether oxygens (including phenoxy) is 1. The maximum Gasteiger partial charge on any atom is 0.328 e. The Bertz CT molecular complexity index is 433. The minimum atomic E-state index is -0.644. The van der Waals surface area contributed by atoms with Gasteiger partial charge in [-0.25, -0.2) is 4.79 Å². The van der Waals surface area contributed by atoms with Gasteiger partial charge in [-0.2, -0.15) is 0 Å². The highest BCUT2D eigenvalue weighted by Crippen LogP contribution is 2.08. The first-order valence-corrected chi connectivity index (χ1v) is 7.73. The number of amides is 1. The van der Waals surface area contributed by atoms with Crippen LogP contribution in [0.5, 0.6) is 0 Å². The first-order valence-electron chi connectivity index (χ1n) is 7.73. The van der Waals surface area contributed by atoms with Gasteiger partial charge in [-0.1, -0.05) is 58.0 Å². The van der Waals surface area contributed by atoms with Crippen molar-refractivity contribution in [2.75, 3.05) is 6.54 Å². The number of carbonyl (C=O) groups excluding carboxylic acids is 2. The lowest BCUT2D eigenvalue weighted by Gasteiger charge is -2.19. The third-order valence-electron chi connectivity index (χ3n) is 2.74. The molecule has 1 rings (SSSR count). The minimum Gasteiger partial charge on any atom is -0.459 e. The van der Waals surface area contributed by atoms with Crippen LogP contribution in [-0.4, -0.2) is 24.5 Å². The maximum atomic E-state index is 12.0. The van der Waals surface area contributed by atoms with Gasteiger partial charge in [0.1, 0.15) is 12.6 Å². The molecule has 0 radical (unpaired) electrons. The molecule has 1 atom stereocenters. The van der Waals surface area contributed by atoms with E-state index in [-0.39, 0.29) is 25.0 Å². The Kier molecular flexibility index (Phi) is 10.7. The molecule has 0 saturated carbocycles. The first-order chi connectivity index (χ1) is 10.5. The summed E-state index contributed by atoms with van der Waals surface area (Å²) in [7, 11) is 0. The number of carbonyl (C=O) groups is 2. The lowest BCUT2D eigenvalue weighted by Crippen LogP contribution is -2.45. The van der Waals surface area contributed by atoms with E-state index < -0.39 is 12.0 Å². The van der Waals surface area contributed by atoms with Crippen LogP contribution >= 0.6 is 0 Å². The predicted molar refractivity (Wildman–Crippen MR) is 88.0 cm³/mol. The van der Waals surface area contributed by atoms with Gasteiger partial charge < -0.3 is 15.8 Å². The van der Waals surface area contributed by atoms with Gasteiger partial charge in [0.2, 0.25) is 5.91 Å². The van der Waals surface area contributed by atoms with Crippen molar-refractivity contribution in [3.8, 4) is 0 Å². The Morgan fingerprint density at radius 2 is 1.77 bits per heavy atom. The summed E-state index contributed by atoms with van der Waals surface area (Å²) in [5, 5.41) is 2.60. The van der Waals surface area contributed by atoms with Crippen LogP contribution in [0, 0.1) is 5.92 Å². The fraction of sp³-hybridized carbons (Fsp3) is 0.529. The molecule has 1 aromatic rings. The Balaban J connectivity index is 0.00000211. The van der Waals surface area contributed by atoms with Crippen LogP contribution in [0.1, 0.15) is 39.7 Å². The molecule has 0 aliphatic carbocycles. The zero-order valence-electron chi connectivity index (χ0n) is 14.0. The molecule has 0 unspecified atom stereocenters. The first kappa shape index (κ1) is 20.1. The Hall–Kier alpha value is -1.88. The maximum absolute atomic E-state index is 12.0. The Labute approximate surface area is 133 Å². The van der Waals surface area contributed by atoms with Gasteiger partial charge >= 0.3 is 5.97 Å². The van der Waals surface area contributed by atoms with Crippen molar-refractivity contribution >= 4 is 11.9 Å². The summed E-state index contributed by atoms with van der Waals surface area (Å²) in [5.74, 6) is -0.515. The van der Waals surface area contributed by atoms with Crippen molar-refractivity contribution in [3.63, 3.8) is 0 Å². The van der Waals surface area contributed by atoms with Crippen LogP contribution in [0.4, 0.5) is 0 Å². The second-order valence-electron chi connectivity index (χ2n) is 5.05. The lowest BCUT2D eigenvalue weighted by molar-refractivity contribution is -0.149. The molecule has 1 amide bonds. The molecular formula is C17H28N2O3. The SMILES string of the molecule is CC.CC(C)C[C@H](NC(=O)CN)C(=O)OCc1ccccc1. The summed E-state index contributed by atoms with van der Waals surface area (Å²) in [5.41, 5.74) is 6.16. The van der Waals surface area contributed by atoms with Crippen molar-refractivity contribution in [2.45, 2.75) is 46.8 Å². The Morgan fingerprint density at radius 3 is 2.27 bits per heavy atom. The van der Waals surface area contributed by atoms with E-state index in [0.717, 1.165) is 5.56 Å². The molecule has 0 saturated heterocycles. The summed E-state index contributed by atoms with van der Waals surface area (Å²) in [6, 6.07) is 8.77. The number of benzene rings is 1. The fourth-order valence-electron chi connectivity index (χ4n) is 1.77. The van der Waals surface area contributed by atoms with Gasteiger partial charge in [0, 0.05) is 0 Å². The number of hydrogen-bond acceptors (Lipinski definition) is 4. The highest BCUT2D eigenvalue weighted by atomic mass is 16.5. The van der Waals surface area contributed by atoms with Crippen LogP contribution in [0.25, 0.3) is 0 Å². The molecule has 0 aliphatic heterocycles. The lowest BCUT2D eigenvalue weighted by atomic mass is 10.0. The molecule has 5 nitrogen and oxygen atoms in total. The summed E-state index contributed by atoms with van der Waals surface area (Å²) in [6.07, 6.45) is 0.527. The molecule has 3 N–H and O–H groups in total. The summed E-state index contributed by atoms with van der Waals surface area (Å²) in [4.78, 5) is 23.4. The standard InChI is InChI=1S/C15H22N2O3.C2H6/c1-11(2)8-13(17-14(18)9-16)15(19)20-10-12-6-4-3-5-7-12;1-2/h3-7,11,13H,8-10,16H2,1-2H3,(H,17,18);1-2H3/t13-;/m0./s1. The zero-order chi connectivity index (χ0) is 17.0. The summed E-state index contributed by atoms with van der Waals surface area (Å²) < 4.78 is 5.24. The van der Waals surface area contributed by atoms with Crippen LogP contribution < -0.4 is 11.1 Å². The molecule has 5 heteroatoms. The smallest absolute Gasteiger partial charge is 0.328 e. The van der Waals surface area contributed by atoms with Gasteiger partial charge in [-0.15, -0.1) is 0 Å². The molecule has 0 heterocycles. The highest BCUT2D eigenvalue weighted by molar-refractivity contribution is 5.85. The monoisotopic (exact) mass is 308 g/mol. The van der Waals surface area contributed by atoms with E-state index in [1.165, 1.54) is 0 Å². The molecule has 0 spiro atoms. The second-order valence-corrected chi connectivity index (χ2v) is 5.05. The molecule has 0 fully saturated rings. The topological polar surface area (TPSA) is 81.4 Å². The van der Waals surface area contributed by atoms with Gasteiger partial charge in [-0.05, 0) is 17.9 Å². The van der Waals surface area contributed by atoms with Crippen LogP contribution in [-0.2, 0) is 20.9 Å². The molecule has 0 bridgehead atoms. The average molecular weight is 308 g/mol. The van der Waals surface area contributed by atoms with Crippen molar-refractivity contribution < 1.29 is 14.3 Å². The Morgan fingerprint density at radius 1 is 1.18 bits per heavy atom. The van der Waals surface area contributed by atoms with E-state index in [0.29, 0.717) is 6.42 Å². The van der Waals surface area contributed by atoms with E-state index >= 15 is 0 Å². The molecule has 0 aliphatic rings. The minimum absolute atomic E-state index is 0.138. The van der Waals surface area contributed by atoms with Crippen LogP contribution in [0.2, 0.25) is 0 Å². The van der Waals surface area contributed by atoms with E-state index in [4.69, 9.17) is 10.5 Å². The van der Waals surface area contributed by atoms with Gasteiger partial charge in [0.05, 0.1) is 6.54 Å². The van der Waals surface area contributed by atoms with Crippen LogP contribution in [0.3, 0.4) is 0 Å². The average Bonchev–Trinajstić information content (AvgIpc) is 2.54. The normalized spacial score (nSPS) is 11.2. The van der Waals surface area contributed by atoms with E-state index in [1.807, 2.05) is 58.0 Å². The van der Waals surface area contributed by atoms with Gasteiger partial charge in [-0.3, -0.25) is 4.79 Å². The van der Waals surface area contributed by atoms with Crippen molar-refractivity contribution in [2.24, 2.45) is 11.7 Å². The van der Waals surface area contributed by atoms with Crippen LogP contribution in [0.15, 0.2) is 30.3 Å². The van der Waals surface area contributed by atoms with E-state index in [9.17, 15) is 9.59 Å². The van der Waals surface area contributed by atoms with Gasteiger partial charge in [0.25, 0.3) is 0 Å². The second kappa shape index (κ2) is 11.7. The third-order valence-corrected chi connectivity index (χ3v) is 2.74. The summed E-state index contributed by atoms with van der Waals surface area (Å²) in [6.45, 7) is 8.02. The fourth-order valence-corrected chi connectivity index (χ4v) is 1.77. The van der Waals surface area contributed by atoms with Gasteiger partial charge in [0.15, 0.2) is 0 Å². The molecule has 124 valence electrons. The molecule has 0 aromatic heterocycles. The molecular weight excluding hydrogens is 280 g/mol. The largest absolute Gasteiger partial charge is 0.459 e. The highest BCUT2D eigenvalue weighted by Gasteiger charge is 2.22. The van der Waals surface area contributed by atoms with Crippen molar-refractivity contribution in [1.29, 1.82) is 0 Å². The predicted octanol–water partition coefficient (Wildman–Crippen LogP) is 2.25. The molecule has 1 aromatic carbocycles. The van der Waals surface area contributed by atoms with Crippen molar-refractivity contribution in [3.05, 3.63) is 35.9 Å². The van der Waals surface area contributed by atoms with E-state index in [2.05, 4.69) is 5.32 Å². The zero-order valence-corrected chi connectivity index (χ0v) is 14.0. The number of nitrogens with two attached hydrogens (primary N) is 1. The van der Waals surface area contributed by atoms with E-state index in [1.54, 1.807) is 0 Å². The number of rotatable bonds is 7. The quantitative estimate of drug-likeness (QED) is 0.757. The number of hydrogen-bond donors (Lipinski definition) is 2. The van der Waals surface area contributed by atoms with Crippen molar-refractivity contribution in [1.82, 2.24) is 5.32 Å². The third kappa shape index (κ3) is 8.42. The molecule has 22 heavy (non-hydrogen) atoms.